The molecular formula is C17H19ClN2O2. The standard InChI is InChI=1S/C17H19ClN2O2/c1-3-22-16-10-8-15(9-11-16)20-17(21)12(2)19-14-6-4-13(18)5-7-14/h4-12,19H,3H2,1-2H3,(H,20,21). The van der Waals surface area contributed by atoms with Crippen LogP contribution in [-0.4, -0.2) is 18.6 Å². The zero-order valence-electron chi connectivity index (χ0n) is 12.6. The normalized spacial score (nSPS) is 11.6. The van der Waals surface area contributed by atoms with Crippen LogP contribution in [0.1, 0.15) is 13.8 Å². The van der Waals surface area contributed by atoms with E-state index in [1.54, 1.807) is 19.1 Å². The third-order valence-electron chi connectivity index (χ3n) is 3.05. The zero-order valence-corrected chi connectivity index (χ0v) is 13.4. The Kier molecular flexibility index (Phi) is 5.67. The van der Waals surface area contributed by atoms with Crippen molar-refractivity contribution in [2.75, 3.05) is 17.2 Å². The molecule has 0 aliphatic carbocycles. The summed E-state index contributed by atoms with van der Waals surface area (Å²) in [6.45, 7) is 4.35. The van der Waals surface area contributed by atoms with Gasteiger partial charge in [0.25, 0.3) is 0 Å². The minimum Gasteiger partial charge on any atom is -0.494 e. The molecule has 1 amide bonds. The molecule has 0 saturated carbocycles. The van der Waals surface area contributed by atoms with Gasteiger partial charge in [0.15, 0.2) is 0 Å². The molecular weight excluding hydrogens is 300 g/mol. The van der Waals surface area contributed by atoms with Gasteiger partial charge in [-0.05, 0) is 62.4 Å². The van der Waals surface area contributed by atoms with Gasteiger partial charge in [-0.1, -0.05) is 11.6 Å². The molecule has 1 unspecified atom stereocenters. The van der Waals surface area contributed by atoms with E-state index >= 15 is 0 Å². The fraction of sp³-hybridized carbons (Fsp3) is 0.235. The van der Waals surface area contributed by atoms with E-state index in [4.69, 9.17) is 16.3 Å². The molecule has 5 heteroatoms. The number of carbonyl (C=O) groups excluding carboxylic acids is 1. The molecule has 1 atom stereocenters. The van der Waals surface area contributed by atoms with Gasteiger partial charge in [0, 0.05) is 16.4 Å². The first kappa shape index (κ1) is 16.2. The lowest BCUT2D eigenvalue weighted by atomic mass is 10.2. The second-order valence-corrected chi connectivity index (χ2v) is 5.26. The number of carbonyl (C=O) groups is 1. The van der Waals surface area contributed by atoms with Crippen LogP contribution >= 0.6 is 11.6 Å². The fourth-order valence-corrected chi connectivity index (χ4v) is 2.04. The molecule has 0 heterocycles. The number of hydrogen-bond acceptors (Lipinski definition) is 3. The van der Waals surface area contributed by atoms with Gasteiger partial charge >= 0.3 is 0 Å². The largest absolute Gasteiger partial charge is 0.494 e. The monoisotopic (exact) mass is 318 g/mol. The lowest BCUT2D eigenvalue weighted by Crippen LogP contribution is -2.31. The van der Waals surface area contributed by atoms with Crippen molar-refractivity contribution in [3.63, 3.8) is 0 Å². The topological polar surface area (TPSA) is 50.4 Å². The molecule has 0 radical (unpaired) electrons. The third-order valence-corrected chi connectivity index (χ3v) is 3.31. The molecule has 2 N–H and O–H groups in total. The fourth-order valence-electron chi connectivity index (χ4n) is 1.91. The van der Waals surface area contributed by atoms with E-state index in [-0.39, 0.29) is 11.9 Å². The van der Waals surface area contributed by atoms with Crippen molar-refractivity contribution < 1.29 is 9.53 Å². The molecule has 0 aromatic heterocycles. The molecule has 0 spiro atoms. The van der Waals surface area contributed by atoms with Crippen molar-refractivity contribution in [3.8, 4) is 5.75 Å². The van der Waals surface area contributed by atoms with Gasteiger partial charge in [-0.3, -0.25) is 4.79 Å². The van der Waals surface area contributed by atoms with E-state index in [0.29, 0.717) is 11.6 Å². The number of nitrogens with one attached hydrogen (secondary N) is 2. The van der Waals surface area contributed by atoms with Crippen LogP contribution < -0.4 is 15.4 Å². The molecule has 0 aliphatic heterocycles. The Hall–Kier alpha value is -2.20. The Morgan fingerprint density at radius 1 is 1.09 bits per heavy atom. The Bertz CT molecular complexity index is 612. The molecule has 2 rings (SSSR count). The predicted octanol–water partition coefficient (Wildman–Crippen LogP) is 4.18. The molecule has 0 aliphatic rings. The molecule has 2 aromatic carbocycles. The van der Waals surface area contributed by atoms with Crippen LogP contribution in [0.2, 0.25) is 5.02 Å². The highest BCUT2D eigenvalue weighted by Gasteiger charge is 2.12. The van der Waals surface area contributed by atoms with E-state index in [1.165, 1.54) is 0 Å². The van der Waals surface area contributed by atoms with E-state index in [9.17, 15) is 4.79 Å². The number of anilines is 2. The average molecular weight is 319 g/mol. The Morgan fingerprint density at radius 3 is 2.27 bits per heavy atom. The molecule has 2 aromatic rings. The van der Waals surface area contributed by atoms with Crippen LogP contribution in [0.5, 0.6) is 5.75 Å². The lowest BCUT2D eigenvalue weighted by Gasteiger charge is -2.15. The Morgan fingerprint density at radius 2 is 1.68 bits per heavy atom. The lowest BCUT2D eigenvalue weighted by molar-refractivity contribution is -0.116. The summed E-state index contributed by atoms with van der Waals surface area (Å²) in [4.78, 5) is 12.2. The van der Waals surface area contributed by atoms with Crippen molar-refractivity contribution >= 4 is 28.9 Å². The third kappa shape index (κ3) is 4.67. The van der Waals surface area contributed by atoms with Gasteiger partial charge in [-0.25, -0.2) is 0 Å². The quantitative estimate of drug-likeness (QED) is 0.840. The molecule has 0 fully saturated rings. The summed E-state index contributed by atoms with van der Waals surface area (Å²) in [5.41, 5.74) is 1.58. The first-order valence-electron chi connectivity index (χ1n) is 7.14. The van der Waals surface area contributed by atoms with E-state index in [2.05, 4.69) is 10.6 Å². The van der Waals surface area contributed by atoms with Gasteiger partial charge in [-0.15, -0.1) is 0 Å². The molecule has 116 valence electrons. The summed E-state index contributed by atoms with van der Waals surface area (Å²) in [6.07, 6.45) is 0. The van der Waals surface area contributed by atoms with Gasteiger partial charge in [-0.2, -0.15) is 0 Å². The zero-order chi connectivity index (χ0) is 15.9. The summed E-state index contributed by atoms with van der Waals surface area (Å²) in [5.74, 6) is 0.673. The second kappa shape index (κ2) is 7.71. The maximum absolute atomic E-state index is 12.2. The number of benzene rings is 2. The molecule has 4 nitrogen and oxygen atoms in total. The van der Waals surface area contributed by atoms with Crippen molar-refractivity contribution in [2.45, 2.75) is 19.9 Å². The van der Waals surface area contributed by atoms with Gasteiger partial charge < -0.3 is 15.4 Å². The second-order valence-electron chi connectivity index (χ2n) is 4.82. The van der Waals surface area contributed by atoms with E-state index in [0.717, 1.165) is 17.1 Å². The SMILES string of the molecule is CCOc1ccc(NC(=O)C(C)Nc2ccc(Cl)cc2)cc1. The first-order valence-corrected chi connectivity index (χ1v) is 7.52. The van der Waals surface area contributed by atoms with Gasteiger partial charge in [0.1, 0.15) is 11.8 Å². The van der Waals surface area contributed by atoms with Crippen LogP contribution in [-0.2, 0) is 4.79 Å². The molecule has 0 bridgehead atoms. The van der Waals surface area contributed by atoms with Crippen LogP contribution in [0.4, 0.5) is 11.4 Å². The number of halogens is 1. The average Bonchev–Trinajstić information content (AvgIpc) is 2.51. The highest BCUT2D eigenvalue weighted by Crippen LogP contribution is 2.17. The highest BCUT2D eigenvalue weighted by atomic mass is 35.5. The van der Waals surface area contributed by atoms with Gasteiger partial charge in [0.2, 0.25) is 5.91 Å². The van der Waals surface area contributed by atoms with Crippen molar-refractivity contribution in [2.24, 2.45) is 0 Å². The van der Waals surface area contributed by atoms with Crippen LogP contribution in [0.15, 0.2) is 48.5 Å². The van der Waals surface area contributed by atoms with Crippen molar-refractivity contribution in [1.29, 1.82) is 0 Å². The van der Waals surface area contributed by atoms with Crippen LogP contribution in [0.3, 0.4) is 0 Å². The summed E-state index contributed by atoms with van der Waals surface area (Å²) < 4.78 is 5.37. The first-order chi connectivity index (χ1) is 10.6. The summed E-state index contributed by atoms with van der Waals surface area (Å²) in [6, 6.07) is 14.2. The predicted molar refractivity (Wildman–Crippen MR) is 90.8 cm³/mol. The maximum Gasteiger partial charge on any atom is 0.246 e. The smallest absolute Gasteiger partial charge is 0.246 e. The van der Waals surface area contributed by atoms with Crippen molar-refractivity contribution in [1.82, 2.24) is 0 Å². The molecule has 0 saturated heterocycles. The maximum atomic E-state index is 12.2. The Balaban J connectivity index is 1.91. The number of hydrogen-bond donors (Lipinski definition) is 2. The summed E-state index contributed by atoms with van der Waals surface area (Å²) >= 11 is 5.84. The highest BCUT2D eigenvalue weighted by molar-refractivity contribution is 6.30. The van der Waals surface area contributed by atoms with E-state index < -0.39 is 0 Å². The number of amides is 1. The summed E-state index contributed by atoms with van der Waals surface area (Å²) in [5, 5.41) is 6.65. The van der Waals surface area contributed by atoms with E-state index in [1.807, 2.05) is 43.3 Å². The minimum atomic E-state index is -0.368. The van der Waals surface area contributed by atoms with Crippen LogP contribution in [0, 0.1) is 0 Å². The van der Waals surface area contributed by atoms with Crippen molar-refractivity contribution in [3.05, 3.63) is 53.6 Å². The van der Waals surface area contributed by atoms with Gasteiger partial charge in [0.05, 0.1) is 6.61 Å². The number of ether oxygens (including phenoxy) is 1. The number of rotatable bonds is 6. The minimum absolute atomic E-state index is 0.112. The Labute approximate surface area is 135 Å². The molecule has 22 heavy (non-hydrogen) atoms. The van der Waals surface area contributed by atoms with Crippen LogP contribution in [0.25, 0.3) is 0 Å². The summed E-state index contributed by atoms with van der Waals surface area (Å²) in [7, 11) is 0.